The second kappa shape index (κ2) is 5.49. The molecule has 1 heterocycles. The highest BCUT2D eigenvalue weighted by atomic mass is 35.5. The van der Waals surface area contributed by atoms with Gasteiger partial charge in [-0.05, 0) is 17.7 Å². The number of halogens is 1. The first kappa shape index (κ1) is 12.4. The fourth-order valence-corrected chi connectivity index (χ4v) is 2.33. The number of hydrogen-bond acceptors (Lipinski definition) is 4. The molecule has 3 nitrogen and oxygen atoms in total. The number of rotatable bonds is 4. The van der Waals surface area contributed by atoms with E-state index in [0.717, 1.165) is 21.6 Å². The molecule has 0 bridgehead atoms. The Hall–Kier alpha value is -1.10. The van der Waals surface area contributed by atoms with E-state index < -0.39 is 0 Å². The van der Waals surface area contributed by atoms with Gasteiger partial charge in [0.25, 0.3) is 0 Å². The molecule has 1 N–H and O–H groups in total. The summed E-state index contributed by atoms with van der Waals surface area (Å²) in [7, 11) is 1.98. The summed E-state index contributed by atoms with van der Waals surface area (Å²) >= 11 is 7.34. The number of aromatic nitrogens is 1. The molecule has 0 unspecified atom stereocenters. The molecule has 1 aromatic carbocycles. The number of anilines is 1. The summed E-state index contributed by atoms with van der Waals surface area (Å²) in [5.41, 5.74) is 1.18. The van der Waals surface area contributed by atoms with Crippen molar-refractivity contribution in [1.29, 1.82) is 0 Å². The minimum Gasteiger partial charge on any atom is -0.391 e. The molecule has 5 heteroatoms. The Morgan fingerprint density at radius 2 is 2.06 bits per heavy atom. The van der Waals surface area contributed by atoms with Crippen LogP contribution in [0.5, 0.6) is 0 Å². The molecule has 2 rings (SSSR count). The second-order valence-corrected chi connectivity index (χ2v) is 5.28. The zero-order valence-corrected chi connectivity index (χ0v) is 11.0. The van der Waals surface area contributed by atoms with Crippen molar-refractivity contribution in [3.63, 3.8) is 0 Å². The van der Waals surface area contributed by atoms with Crippen molar-refractivity contribution in [3.05, 3.63) is 45.9 Å². The Morgan fingerprint density at radius 3 is 2.65 bits per heavy atom. The Balaban J connectivity index is 2.05. The van der Waals surface area contributed by atoms with Crippen LogP contribution in [0.4, 0.5) is 5.13 Å². The molecular formula is C12H13ClN2OS. The normalized spacial score (nSPS) is 10.5. The van der Waals surface area contributed by atoms with Gasteiger partial charge in [0.05, 0.1) is 11.5 Å². The van der Waals surface area contributed by atoms with Gasteiger partial charge in [-0.25, -0.2) is 4.98 Å². The number of benzene rings is 1. The second-order valence-electron chi connectivity index (χ2n) is 3.75. The Labute approximate surface area is 109 Å². The van der Waals surface area contributed by atoms with Gasteiger partial charge < -0.3 is 10.0 Å². The number of aliphatic hydroxyl groups excluding tert-OH is 1. The quantitative estimate of drug-likeness (QED) is 0.926. The summed E-state index contributed by atoms with van der Waals surface area (Å²) < 4.78 is 0. The van der Waals surface area contributed by atoms with Gasteiger partial charge in [-0.2, -0.15) is 0 Å². The zero-order valence-electron chi connectivity index (χ0n) is 9.43. The number of hydrogen-bond donors (Lipinski definition) is 1. The van der Waals surface area contributed by atoms with Crippen molar-refractivity contribution in [2.75, 3.05) is 11.9 Å². The van der Waals surface area contributed by atoms with E-state index >= 15 is 0 Å². The molecule has 2 aromatic rings. The zero-order chi connectivity index (χ0) is 12.3. The molecule has 1 aromatic heterocycles. The molecule has 0 saturated carbocycles. The Morgan fingerprint density at radius 1 is 1.35 bits per heavy atom. The van der Waals surface area contributed by atoms with Crippen LogP contribution in [-0.4, -0.2) is 17.1 Å². The van der Waals surface area contributed by atoms with Crippen LogP contribution in [0.15, 0.2) is 30.5 Å². The molecule has 0 fully saturated rings. The molecular weight excluding hydrogens is 256 g/mol. The molecule has 0 saturated heterocycles. The Kier molecular flexibility index (Phi) is 3.99. The molecule has 0 spiro atoms. The van der Waals surface area contributed by atoms with E-state index in [-0.39, 0.29) is 6.61 Å². The van der Waals surface area contributed by atoms with Crippen molar-refractivity contribution in [1.82, 2.24) is 4.98 Å². The van der Waals surface area contributed by atoms with E-state index in [0.29, 0.717) is 0 Å². The fourth-order valence-electron chi connectivity index (χ4n) is 1.48. The maximum atomic E-state index is 8.99. The molecule has 0 aliphatic rings. The van der Waals surface area contributed by atoms with Crippen molar-refractivity contribution in [3.8, 4) is 0 Å². The molecule has 0 amide bonds. The third kappa shape index (κ3) is 3.19. The van der Waals surface area contributed by atoms with E-state index in [9.17, 15) is 0 Å². The van der Waals surface area contributed by atoms with Crippen LogP contribution < -0.4 is 4.90 Å². The maximum Gasteiger partial charge on any atom is 0.185 e. The molecule has 0 radical (unpaired) electrons. The first-order chi connectivity index (χ1) is 8.19. The monoisotopic (exact) mass is 268 g/mol. The Bertz CT molecular complexity index is 484. The van der Waals surface area contributed by atoms with E-state index in [2.05, 4.69) is 4.98 Å². The minimum atomic E-state index is 0.0481. The van der Waals surface area contributed by atoms with E-state index in [4.69, 9.17) is 16.7 Å². The standard InChI is InChI=1S/C12H13ClN2OS/c1-15(12-14-6-11(8-16)17-12)7-9-2-4-10(13)5-3-9/h2-6,16H,7-8H2,1H3. The third-order valence-corrected chi connectivity index (χ3v) is 3.71. The number of nitrogens with zero attached hydrogens (tertiary/aromatic N) is 2. The highest BCUT2D eigenvalue weighted by Gasteiger charge is 2.07. The van der Waals surface area contributed by atoms with Crippen LogP contribution >= 0.6 is 22.9 Å². The summed E-state index contributed by atoms with van der Waals surface area (Å²) in [6.07, 6.45) is 1.71. The van der Waals surface area contributed by atoms with Crippen LogP contribution in [0.2, 0.25) is 5.02 Å². The lowest BCUT2D eigenvalue weighted by Crippen LogP contribution is -2.15. The molecule has 17 heavy (non-hydrogen) atoms. The van der Waals surface area contributed by atoms with Crippen molar-refractivity contribution in [2.24, 2.45) is 0 Å². The lowest BCUT2D eigenvalue weighted by Gasteiger charge is -2.15. The lowest BCUT2D eigenvalue weighted by atomic mass is 10.2. The van der Waals surface area contributed by atoms with Gasteiger partial charge in [0.2, 0.25) is 0 Å². The lowest BCUT2D eigenvalue weighted by molar-refractivity contribution is 0.285. The van der Waals surface area contributed by atoms with Crippen LogP contribution in [0.25, 0.3) is 0 Å². The predicted octanol–water partition coefficient (Wildman–Crippen LogP) is 2.93. The summed E-state index contributed by atoms with van der Waals surface area (Å²) in [5.74, 6) is 0. The number of thiazole rings is 1. The smallest absolute Gasteiger partial charge is 0.185 e. The van der Waals surface area contributed by atoms with Crippen molar-refractivity contribution >= 4 is 28.1 Å². The van der Waals surface area contributed by atoms with Crippen LogP contribution in [0.1, 0.15) is 10.4 Å². The van der Waals surface area contributed by atoms with Crippen LogP contribution in [0.3, 0.4) is 0 Å². The summed E-state index contributed by atoms with van der Waals surface area (Å²) in [5, 5.41) is 10.6. The summed E-state index contributed by atoms with van der Waals surface area (Å²) in [6.45, 7) is 0.821. The largest absolute Gasteiger partial charge is 0.391 e. The predicted molar refractivity (Wildman–Crippen MR) is 71.6 cm³/mol. The maximum absolute atomic E-state index is 8.99. The van der Waals surface area contributed by atoms with Gasteiger partial charge in [-0.3, -0.25) is 0 Å². The van der Waals surface area contributed by atoms with Gasteiger partial charge >= 0.3 is 0 Å². The molecule has 90 valence electrons. The topological polar surface area (TPSA) is 36.4 Å². The number of aliphatic hydroxyl groups is 1. The van der Waals surface area contributed by atoms with Gasteiger partial charge in [0, 0.05) is 24.8 Å². The van der Waals surface area contributed by atoms with E-state index in [1.807, 2.05) is 36.2 Å². The SMILES string of the molecule is CN(Cc1ccc(Cl)cc1)c1ncc(CO)s1. The summed E-state index contributed by atoms with van der Waals surface area (Å²) in [6, 6.07) is 7.76. The molecule has 0 aliphatic carbocycles. The van der Waals surface area contributed by atoms with Crippen LogP contribution in [-0.2, 0) is 13.2 Å². The first-order valence-electron chi connectivity index (χ1n) is 5.20. The van der Waals surface area contributed by atoms with E-state index in [1.165, 1.54) is 16.9 Å². The average Bonchev–Trinajstić information content (AvgIpc) is 2.81. The first-order valence-corrected chi connectivity index (χ1v) is 6.39. The molecule has 0 aliphatic heterocycles. The van der Waals surface area contributed by atoms with Crippen molar-refractivity contribution < 1.29 is 5.11 Å². The summed E-state index contributed by atoms with van der Waals surface area (Å²) in [4.78, 5) is 7.19. The minimum absolute atomic E-state index is 0.0481. The van der Waals surface area contributed by atoms with Gasteiger partial charge in [-0.1, -0.05) is 35.1 Å². The third-order valence-electron chi connectivity index (χ3n) is 2.36. The van der Waals surface area contributed by atoms with Crippen molar-refractivity contribution in [2.45, 2.75) is 13.2 Å². The fraction of sp³-hybridized carbons (Fsp3) is 0.250. The van der Waals surface area contributed by atoms with Crippen LogP contribution in [0, 0.1) is 0 Å². The van der Waals surface area contributed by atoms with Gasteiger partial charge in [-0.15, -0.1) is 0 Å². The van der Waals surface area contributed by atoms with Gasteiger partial charge in [0.15, 0.2) is 5.13 Å². The van der Waals surface area contributed by atoms with Gasteiger partial charge in [0.1, 0.15) is 0 Å². The average molecular weight is 269 g/mol. The highest BCUT2D eigenvalue weighted by molar-refractivity contribution is 7.15. The van der Waals surface area contributed by atoms with E-state index in [1.54, 1.807) is 6.20 Å². The molecule has 0 atom stereocenters. The highest BCUT2D eigenvalue weighted by Crippen LogP contribution is 2.23.